The van der Waals surface area contributed by atoms with Crippen molar-refractivity contribution in [2.45, 2.75) is 38.3 Å². The Kier molecular flexibility index (Phi) is 6.16. The van der Waals surface area contributed by atoms with E-state index in [1.54, 1.807) is 31.4 Å². The smallest absolute Gasteiger partial charge is 0.287 e. The fraction of sp³-hybridized carbons (Fsp3) is 0.259. The normalized spacial score (nSPS) is 13.8. The number of para-hydroxylation sites is 1. The van der Waals surface area contributed by atoms with Gasteiger partial charge in [0.1, 0.15) is 17.3 Å². The molecule has 2 heterocycles. The molecule has 0 unspecified atom stereocenters. The van der Waals surface area contributed by atoms with Crippen molar-refractivity contribution in [1.29, 1.82) is 0 Å². The van der Waals surface area contributed by atoms with Gasteiger partial charge >= 0.3 is 0 Å². The summed E-state index contributed by atoms with van der Waals surface area (Å²) in [4.78, 5) is 17.5. The Labute approximate surface area is 197 Å². The Morgan fingerprint density at radius 3 is 2.65 bits per heavy atom. The number of halogens is 1. The van der Waals surface area contributed by atoms with E-state index in [0.29, 0.717) is 29.8 Å². The monoisotopic (exact) mass is 459 g/mol. The zero-order valence-electron chi connectivity index (χ0n) is 19.0. The van der Waals surface area contributed by atoms with Crippen molar-refractivity contribution in [2.75, 3.05) is 7.11 Å². The first-order valence-electron chi connectivity index (χ1n) is 11.5. The zero-order chi connectivity index (χ0) is 23.5. The van der Waals surface area contributed by atoms with Gasteiger partial charge in [0.05, 0.1) is 19.1 Å². The third-order valence-electron chi connectivity index (χ3n) is 6.32. The van der Waals surface area contributed by atoms with Crippen LogP contribution < -0.4 is 10.1 Å². The molecule has 1 N–H and O–H groups in total. The van der Waals surface area contributed by atoms with Crippen LogP contribution in [0.25, 0.3) is 22.7 Å². The number of nitrogens with zero attached hydrogens (tertiary/aromatic N) is 2. The lowest BCUT2D eigenvalue weighted by Crippen LogP contribution is -2.22. The molecule has 1 saturated carbocycles. The molecule has 174 valence electrons. The van der Waals surface area contributed by atoms with Crippen molar-refractivity contribution in [2.24, 2.45) is 0 Å². The maximum absolute atomic E-state index is 13.5. The fourth-order valence-electron chi connectivity index (χ4n) is 4.58. The molecule has 6 nitrogen and oxygen atoms in total. The van der Waals surface area contributed by atoms with Crippen molar-refractivity contribution in [3.8, 4) is 28.5 Å². The predicted octanol–water partition coefficient (Wildman–Crippen LogP) is 6.00. The maximum atomic E-state index is 13.5. The molecule has 0 aliphatic heterocycles. The van der Waals surface area contributed by atoms with E-state index in [0.717, 1.165) is 29.7 Å². The minimum absolute atomic E-state index is 0.217. The molecule has 1 aliphatic carbocycles. The number of benzene rings is 2. The van der Waals surface area contributed by atoms with Crippen LogP contribution in [-0.2, 0) is 6.54 Å². The average molecular weight is 460 g/mol. The van der Waals surface area contributed by atoms with E-state index in [2.05, 4.69) is 14.9 Å². The molecule has 0 saturated heterocycles. The first-order valence-corrected chi connectivity index (χ1v) is 11.5. The topological polar surface area (TPSA) is 69.3 Å². The minimum Gasteiger partial charge on any atom is -0.496 e. The highest BCUT2D eigenvalue weighted by Gasteiger charge is 2.26. The second-order valence-corrected chi connectivity index (χ2v) is 8.45. The van der Waals surface area contributed by atoms with Crippen molar-refractivity contribution in [3.63, 3.8) is 0 Å². The van der Waals surface area contributed by atoms with E-state index in [4.69, 9.17) is 9.15 Å². The van der Waals surface area contributed by atoms with Gasteiger partial charge in [0.25, 0.3) is 5.91 Å². The van der Waals surface area contributed by atoms with Gasteiger partial charge in [-0.2, -0.15) is 0 Å². The molecule has 0 radical (unpaired) electrons. The van der Waals surface area contributed by atoms with Gasteiger partial charge in [0.2, 0.25) is 0 Å². The van der Waals surface area contributed by atoms with E-state index in [1.807, 2.05) is 30.6 Å². The Bertz CT molecular complexity index is 1290. The van der Waals surface area contributed by atoms with Crippen molar-refractivity contribution < 1.29 is 18.3 Å². The lowest BCUT2D eigenvalue weighted by Gasteiger charge is -2.15. The summed E-state index contributed by atoms with van der Waals surface area (Å²) in [5, 5.41) is 2.89. The third-order valence-corrected chi connectivity index (χ3v) is 6.32. The van der Waals surface area contributed by atoms with Crippen molar-refractivity contribution in [1.82, 2.24) is 14.9 Å². The number of aromatic nitrogens is 2. The third kappa shape index (κ3) is 4.33. The molecule has 5 rings (SSSR count). The van der Waals surface area contributed by atoms with Gasteiger partial charge in [-0.05, 0) is 55.3 Å². The molecule has 0 bridgehead atoms. The van der Waals surface area contributed by atoms with Gasteiger partial charge < -0.3 is 19.0 Å². The average Bonchev–Trinajstić information content (AvgIpc) is 3.63. The van der Waals surface area contributed by atoms with Crippen LogP contribution in [0.2, 0.25) is 0 Å². The number of carbonyl (C=O) groups excluding carboxylic acids is 1. The predicted molar refractivity (Wildman–Crippen MR) is 127 cm³/mol. The lowest BCUT2D eigenvalue weighted by atomic mass is 10.1. The number of carbonyl (C=O) groups is 1. The van der Waals surface area contributed by atoms with Crippen LogP contribution in [0.4, 0.5) is 4.39 Å². The molecule has 1 fully saturated rings. The largest absolute Gasteiger partial charge is 0.496 e. The van der Waals surface area contributed by atoms with E-state index in [-0.39, 0.29) is 17.5 Å². The first-order chi connectivity index (χ1) is 16.6. The fourth-order valence-corrected chi connectivity index (χ4v) is 4.58. The number of amides is 1. The number of hydrogen-bond donors (Lipinski definition) is 1. The molecule has 0 spiro atoms. The lowest BCUT2D eigenvalue weighted by molar-refractivity contribution is 0.0923. The van der Waals surface area contributed by atoms with Crippen LogP contribution in [0.3, 0.4) is 0 Å². The zero-order valence-corrected chi connectivity index (χ0v) is 19.0. The van der Waals surface area contributed by atoms with Crippen LogP contribution >= 0.6 is 0 Å². The van der Waals surface area contributed by atoms with Gasteiger partial charge in [-0.15, -0.1) is 0 Å². The highest BCUT2D eigenvalue weighted by molar-refractivity contribution is 5.92. The molecule has 2 aromatic carbocycles. The quantitative estimate of drug-likeness (QED) is 0.368. The second kappa shape index (κ2) is 9.55. The second-order valence-electron chi connectivity index (χ2n) is 8.45. The van der Waals surface area contributed by atoms with Gasteiger partial charge in [-0.3, -0.25) is 4.79 Å². The highest BCUT2D eigenvalue weighted by atomic mass is 19.1. The summed E-state index contributed by atoms with van der Waals surface area (Å²) in [5.41, 5.74) is 3.19. The Balaban J connectivity index is 1.43. The summed E-state index contributed by atoms with van der Waals surface area (Å²) < 4.78 is 27.1. The number of hydrogen-bond acceptors (Lipinski definition) is 4. The molecule has 34 heavy (non-hydrogen) atoms. The molecule has 1 amide bonds. The summed E-state index contributed by atoms with van der Waals surface area (Å²) in [7, 11) is 1.60. The number of ether oxygens (including phenoxy) is 1. The maximum Gasteiger partial charge on any atom is 0.287 e. The Morgan fingerprint density at radius 2 is 1.88 bits per heavy atom. The number of furan rings is 1. The first kappa shape index (κ1) is 21.9. The SMILES string of the molecule is COc1ccccc1CNC(=O)c1ccc(-c2c(-c3ccc(F)cc3)ncn2C2CCCC2)o1. The highest BCUT2D eigenvalue weighted by Crippen LogP contribution is 2.39. The van der Waals surface area contributed by atoms with E-state index >= 15 is 0 Å². The van der Waals surface area contributed by atoms with Crippen LogP contribution in [0.5, 0.6) is 5.75 Å². The van der Waals surface area contributed by atoms with Crippen molar-refractivity contribution in [3.05, 3.63) is 84.1 Å². The van der Waals surface area contributed by atoms with E-state index < -0.39 is 0 Å². The summed E-state index contributed by atoms with van der Waals surface area (Å²) in [6.07, 6.45) is 6.30. The summed E-state index contributed by atoms with van der Waals surface area (Å²) in [6.45, 7) is 0.319. The molecule has 0 atom stereocenters. The summed E-state index contributed by atoms with van der Waals surface area (Å²) in [6, 6.07) is 17.6. The van der Waals surface area contributed by atoms with E-state index in [9.17, 15) is 9.18 Å². The molecular formula is C27H26FN3O3. The Hall–Kier alpha value is -3.87. The van der Waals surface area contributed by atoms with Gasteiger partial charge in [0.15, 0.2) is 11.5 Å². The van der Waals surface area contributed by atoms with Gasteiger partial charge in [0, 0.05) is 23.7 Å². The number of nitrogens with one attached hydrogen (secondary N) is 1. The van der Waals surface area contributed by atoms with Crippen LogP contribution in [0.1, 0.15) is 47.8 Å². The summed E-state index contributed by atoms with van der Waals surface area (Å²) in [5.74, 6) is 0.882. The number of methoxy groups -OCH3 is 1. The van der Waals surface area contributed by atoms with Crippen LogP contribution in [0.15, 0.2) is 71.4 Å². The molecule has 4 aromatic rings. The Morgan fingerprint density at radius 1 is 1.12 bits per heavy atom. The van der Waals surface area contributed by atoms with Gasteiger partial charge in [-0.1, -0.05) is 31.0 Å². The van der Waals surface area contributed by atoms with Crippen molar-refractivity contribution >= 4 is 5.91 Å². The number of rotatable bonds is 7. The molecular weight excluding hydrogens is 433 g/mol. The standard InChI is InChI=1S/C27H26FN3O3/c1-33-22-9-5-2-6-19(22)16-29-27(32)24-15-14-23(34-24)26-25(18-10-12-20(28)13-11-18)30-17-31(26)21-7-3-4-8-21/h2,5-6,9-15,17,21H,3-4,7-8,16H2,1H3,(H,29,32). The summed E-state index contributed by atoms with van der Waals surface area (Å²) >= 11 is 0. The van der Waals surface area contributed by atoms with E-state index in [1.165, 1.54) is 25.0 Å². The molecule has 7 heteroatoms. The minimum atomic E-state index is -0.313. The number of imidazole rings is 1. The van der Waals surface area contributed by atoms with Crippen LogP contribution in [-0.4, -0.2) is 22.6 Å². The van der Waals surface area contributed by atoms with Gasteiger partial charge in [-0.25, -0.2) is 9.37 Å². The molecule has 1 aliphatic rings. The molecule has 2 aromatic heterocycles. The van der Waals surface area contributed by atoms with Crippen LogP contribution in [0, 0.1) is 5.82 Å².